The second-order valence-electron chi connectivity index (χ2n) is 4.04. The Balaban J connectivity index is 2.44. The van der Waals surface area contributed by atoms with Crippen LogP contribution in [0.5, 0.6) is 0 Å². The van der Waals surface area contributed by atoms with E-state index in [0.717, 1.165) is 10.8 Å². The van der Waals surface area contributed by atoms with Crippen molar-refractivity contribution < 1.29 is 13.5 Å². The molecule has 0 aliphatic heterocycles. The van der Waals surface area contributed by atoms with Gasteiger partial charge in [0.25, 0.3) is 0 Å². The maximum absolute atomic E-state index is 11.9. The minimum absolute atomic E-state index is 0.415. The largest absolute Gasteiger partial charge is 0.395 e. The van der Waals surface area contributed by atoms with E-state index in [9.17, 15) is 8.42 Å². The summed E-state index contributed by atoms with van der Waals surface area (Å²) in [6, 6.07) is 7.04. The van der Waals surface area contributed by atoms with Crippen molar-refractivity contribution in [3.8, 4) is 0 Å². The second-order valence-corrected chi connectivity index (χ2v) is 6.14. The van der Waals surface area contributed by atoms with Crippen molar-refractivity contribution in [1.82, 2.24) is 4.98 Å². The fourth-order valence-electron chi connectivity index (χ4n) is 1.56. The topological polar surface area (TPSA) is 79.3 Å². The lowest BCUT2D eigenvalue weighted by Crippen LogP contribution is -2.28. The molecule has 1 aromatic carbocycles. The number of rotatable bonds is 4. The summed E-state index contributed by atoms with van der Waals surface area (Å²) in [5, 5.41) is 9.72. The summed E-state index contributed by atoms with van der Waals surface area (Å²) >= 11 is 0. The first kappa shape index (κ1) is 12.8. The Morgan fingerprint density at radius 3 is 2.89 bits per heavy atom. The Morgan fingerprint density at radius 1 is 1.39 bits per heavy atom. The quantitative estimate of drug-likeness (QED) is 0.875. The molecule has 1 aromatic heterocycles. The third-order valence-corrected chi connectivity index (χ3v) is 4.43. The number of aliphatic hydroxyl groups is 1. The Morgan fingerprint density at radius 2 is 2.17 bits per heavy atom. The highest BCUT2D eigenvalue weighted by atomic mass is 32.2. The number of nitrogens with zero attached hydrogens (tertiary/aromatic N) is 1. The van der Waals surface area contributed by atoms with Gasteiger partial charge in [-0.05, 0) is 19.1 Å². The molecule has 0 fully saturated rings. The van der Waals surface area contributed by atoms with E-state index in [4.69, 9.17) is 5.11 Å². The van der Waals surface area contributed by atoms with Crippen molar-refractivity contribution in [2.24, 2.45) is 0 Å². The minimum Gasteiger partial charge on any atom is -0.395 e. The number of hydrogen-bond donors (Lipinski definition) is 2. The van der Waals surface area contributed by atoms with Crippen molar-refractivity contribution in [3.63, 3.8) is 0 Å². The van der Waals surface area contributed by atoms with Gasteiger partial charge in [0.2, 0.25) is 10.0 Å². The van der Waals surface area contributed by atoms with Crippen LogP contribution < -0.4 is 4.72 Å². The summed E-state index contributed by atoms with van der Waals surface area (Å²) in [4.78, 5) is 3.98. The number of hydrogen-bond acceptors (Lipinski definition) is 4. The molecule has 0 spiro atoms. The average Bonchev–Trinajstić information content (AvgIpc) is 2.38. The maximum Gasteiger partial charge on any atom is 0.237 e. The first-order chi connectivity index (χ1) is 8.54. The summed E-state index contributed by atoms with van der Waals surface area (Å²) in [7, 11) is -3.58. The SMILES string of the molecule is CC(CO)S(=O)(=O)Nc1cccc2cnccc12. The number of sulfonamides is 1. The van der Waals surface area contributed by atoms with Gasteiger partial charge in [-0.3, -0.25) is 9.71 Å². The molecule has 2 rings (SSSR count). The first-order valence-corrected chi connectivity index (χ1v) is 7.04. The Bertz CT molecular complexity index is 650. The van der Waals surface area contributed by atoms with Crippen molar-refractivity contribution in [2.75, 3.05) is 11.3 Å². The molecule has 2 aromatic rings. The standard InChI is InChI=1S/C12H14N2O3S/c1-9(8-15)18(16,17)14-12-4-2-3-10-7-13-6-5-11(10)12/h2-7,9,14-15H,8H2,1H3. The van der Waals surface area contributed by atoms with Gasteiger partial charge in [-0.15, -0.1) is 0 Å². The van der Waals surface area contributed by atoms with Gasteiger partial charge in [0.1, 0.15) is 5.25 Å². The molecule has 0 radical (unpaired) electrons. The molecule has 6 heteroatoms. The van der Waals surface area contributed by atoms with Crippen LogP contribution in [0.15, 0.2) is 36.7 Å². The highest BCUT2D eigenvalue weighted by Gasteiger charge is 2.20. The highest BCUT2D eigenvalue weighted by Crippen LogP contribution is 2.23. The smallest absolute Gasteiger partial charge is 0.237 e. The lowest BCUT2D eigenvalue weighted by Gasteiger charge is -2.14. The number of pyridine rings is 1. The molecule has 2 N–H and O–H groups in total. The molecule has 0 saturated heterocycles. The molecular weight excluding hydrogens is 252 g/mol. The van der Waals surface area contributed by atoms with Crippen molar-refractivity contribution >= 4 is 26.5 Å². The molecule has 18 heavy (non-hydrogen) atoms. The van der Waals surface area contributed by atoms with Gasteiger partial charge in [-0.2, -0.15) is 0 Å². The summed E-state index contributed by atoms with van der Waals surface area (Å²) < 4.78 is 26.3. The van der Waals surface area contributed by atoms with Crippen molar-refractivity contribution in [2.45, 2.75) is 12.2 Å². The zero-order valence-electron chi connectivity index (χ0n) is 9.87. The normalized spacial score (nSPS) is 13.4. The lowest BCUT2D eigenvalue weighted by atomic mass is 10.1. The molecule has 0 aliphatic carbocycles. The van der Waals surface area contributed by atoms with Crippen LogP contribution in [0.1, 0.15) is 6.92 Å². The minimum atomic E-state index is -3.58. The van der Waals surface area contributed by atoms with Crippen LogP contribution in [-0.4, -0.2) is 30.4 Å². The van der Waals surface area contributed by atoms with Crippen LogP contribution in [0.25, 0.3) is 10.8 Å². The van der Waals surface area contributed by atoms with Crippen molar-refractivity contribution in [3.05, 3.63) is 36.7 Å². The predicted molar refractivity (Wildman–Crippen MR) is 70.8 cm³/mol. The molecule has 5 nitrogen and oxygen atoms in total. The summed E-state index contributed by atoms with van der Waals surface area (Å²) in [6.07, 6.45) is 3.28. The fraction of sp³-hybridized carbons (Fsp3) is 0.250. The van der Waals surface area contributed by atoms with Crippen LogP contribution in [0.3, 0.4) is 0 Å². The van der Waals surface area contributed by atoms with Crippen LogP contribution in [0, 0.1) is 0 Å². The van der Waals surface area contributed by atoms with Gasteiger partial charge in [0.15, 0.2) is 0 Å². The monoisotopic (exact) mass is 266 g/mol. The van der Waals surface area contributed by atoms with Gasteiger partial charge >= 0.3 is 0 Å². The van der Waals surface area contributed by atoms with Crippen LogP contribution in [-0.2, 0) is 10.0 Å². The zero-order chi connectivity index (χ0) is 13.2. The Hall–Kier alpha value is -1.66. The molecule has 1 unspecified atom stereocenters. The molecule has 1 heterocycles. The fourth-order valence-corrected chi connectivity index (χ4v) is 2.45. The molecule has 1 atom stereocenters. The van der Waals surface area contributed by atoms with Gasteiger partial charge in [-0.25, -0.2) is 8.42 Å². The molecule has 0 saturated carbocycles. The second kappa shape index (κ2) is 4.91. The lowest BCUT2D eigenvalue weighted by molar-refractivity contribution is 0.296. The third-order valence-electron chi connectivity index (χ3n) is 2.72. The van der Waals surface area contributed by atoms with Gasteiger partial charge in [0.05, 0.1) is 12.3 Å². The number of nitrogens with one attached hydrogen (secondary N) is 1. The summed E-state index contributed by atoms with van der Waals surface area (Å²) in [6.45, 7) is 1.04. The molecule has 0 bridgehead atoms. The Kier molecular flexibility index (Phi) is 3.49. The number of aliphatic hydroxyl groups excluding tert-OH is 1. The van der Waals surface area contributed by atoms with Crippen LogP contribution in [0.4, 0.5) is 5.69 Å². The number of benzene rings is 1. The van der Waals surface area contributed by atoms with Gasteiger partial charge < -0.3 is 5.11 Å². The third kappa shape index (κ3) is 2.44. The van der Waals surface area contributed by atoms with E-state index in [0.29, 0.717) is 5.69 Å². The number of anilines is 1. The van der Waals surface area contributed by atoms with Crippen molar-refractivity contribution in [1.29, 1.82) is 0 Å². The van der Waals surface area contributed by atoms with Gasteiger partial charge in [0, 0.05) is 23.2 Å². The van der Waals surface area contributed by atoms with Crippen LogP contribution >= 0.6 is 0 Å². The number of fused-ring (bicyclic) bond motifs is 1. The van der Waals surface area contributed by atoms with E-state index in [1.54, 1.807) is 30.6 Å². The average molecular weight is 266 g/mol. The number of aromatic nitrogens is 1. The predicted octanol–water partition coefficient (Wildman–Crippen LogP) is 1.36. The first-order valence-electron chi connectivity index (χ1n) is 5.50. The molecule has 0 aliphatic rings. The summed E-state index contributed by atoms with van der Waals surface area (Å²) in [5.41, 5.74) is 0.496. The molecule has 96 valence electrons. The maximum atomic E-state index is 11.9. The molecular formula is C12H14N2O3S. The highest BCUT2D eigenvalue weighted by molar-refractivity contribution is 7.93. The zero-order valence-corrected chi connectivity index (χ0v) is 10.7. The Labute approximate surface area is 106 Å². The van der Waals surface area contributed by atoms with E-state index in [1.807, 2.05) is 6.07 Å². The van der Waals surface area contributed by atoms with Crippen LogP contribution in [0.2, 0.25) is 0 Å². The van der Waals surface area contributed by atoms with E-state index >= 15 is 0 Å². The summed E-state index contributed by atoms with van der Waals surface area (Å²) in [5.74, 6) is 0. The van der Waals surface area contributed by atoms with E-state index in [1.165, 1.54) is 6.92 Å². The van der Waals surface area contributed by atoms with Gasteiger partial charge in [-0.1, -0.05) is 12.1 Å². The van der Waals surface area contributed by atoms with E-state index in [-0.39, 0.29) is 0 Å². The molecule has 0 amide bonds. The van der Waals surface area contributed by atoms with E-state index in [2.05, 4.69) is 9.71 Å². The van der Waals surface area contributed by atoms with E-state index < -0.39 is 21.9 Å².